The molecular formula is C12H14N2O2. The summed E-state index contributed by atoms with van der Waals surface area (Å²) in [5.41, 5.74) is 2.33. The molecule has 0 fully saturated rings. The lowest BCUT2D eigenvalue weighted by Gasteiger charge is -2.14. The van der Waals surface area contributed by atoms with E-state index in [1.165, 1.54) is 5.56 Å². The Labute approximate surface area is 95.0 Å². The predicted molar refractivity (Wildman–Crippen MR) is 59.2 cm³/mol. The molecule has 0 amide bonds. The standard InChI is InChI=1S/C12H14N2O2/c1-9-5-11-12(16-8-15-11)6-10(9)7-14(2)4-3-13/h5-6H,4,7-8H2,1-2H3. The topological polar surface area (TPSA) is 45.5 Å². The van der Waals surface area contributed by atoms with Gasteiger partial charge in [-0.25, -0.2) is 0 Å². The van der Waals surface area contributed by atoms with E-state index in [9.17, 15) is 0 Å². The van der Waals surface area contributed by atoms with Crippen LogP contribution < -0.4 is 9.47 Å². The van der Waals surface area contributed by atoms with E-state index in [1.54, 1.807) is 0 Å². The smallest absolute Gasteiger partial charge is 0.231 e. The van der Waals surface area contributed by atoms with E-state index in [0.717, 1.165) is 23.6 Å². The molecule has 0 saturated heterocycles. The van der Waals surface area contributed by atoms with Crippen molar-refractivity contribution in [3.63, 3.8) is 0 Å². The highest BCUT2D eigenvalue weighted by atomic mass is 16.7. The Hall–Kier alpha value is -1.73. The van der Waals surface area contributed by atoms with Gasteiger partial charge in [0.15, 0.2) is 11.5 Å². The summed E-state index contributed by atoms with van der Waals surface area (Å²) in [6, 6.07) is 6.11. The van der Waals surface area contributed by atoms with Crippen molar-refractivity contribution in [2.24, 2.45) is 0 Å². The molecule has 0 radical (unpaired) electrons. The zero-order valence-electron chi connectivity index (χ0n) is 9.49. The SMILES string of the molecule is Cc1cc2c(cc1CN(C)CC#N)OCO2. The van der Waals surface area contributed by atoms with Crippen LogP contribution >= 0.6 is 0 Å². The average molecular weight is 218 g/mol. The van der Waals surface area contributed by atoms with Crippen LogP contribution in [0.3, 0.4) is 0 Å². The molecule has 0 spiro atoms. The molecule has 0 atom stereocenters. The van der Waals surface area contributed by atoms with E-state index in [1.807, 2.05) is 31.0 Å². The third-order valence-electron chi connectivity index (χ3n) is 2.61. The molecule has 0 unspecified atom stereocenters. The second kappa shape index (κ2) is 4.42. The number of nitrogens with zero attached hydrogens (tertiary/aromatic N) is 2. The number of hydrogen-bond donors (Lipinski definition) is 0. The molecule has 1 aliphatic rings. The van der Waals surface area contributed by atoms with Gasteiger partial charge in [0, 0.05) is 6.54 Å². The highest BCUT2D eigenvalue weighted by molar-refractivity contribution is 5.48. The lowest BCUT2D eigenvalue weighted by Crippen LogP contribution is -2.18. The highest BCUT2D eigenvalue weighted by Crippen LogP contribution is 2.34. The number of nitriles is 1. The summed E-state index contributed by atoms with van der Waals surface area (Å²) in [7, 11) is 1.92. The van der Waals surface area contributed by atoms with Crippen molar-refractivity contribution in [3.8, 4) is 17.6 Å². The Morgan fingerprint density at radius 2 is 2.06 bits per heavy atom. The van der Waals surface area contributed by atoms with E-state index in [2.05, 4.69) is 6.07 Å². The van der Waals surface area contributed by atoms with Crippen LogP contribution in [0, 0.1) is 18.3 Å². The molecule has 16 heavy (non-hydrogen) atoms. The van der Waals surface area contributed by atoms with Crippen molar-refractivity contribution in [1.82, 2.24) is 4.90 Å². The maximum absolute atomic E-state index is 8.60. The average Bonchev–Trinajstić information content (AvgIpc) is 2.65. The lowest BCUT2D eigenvalue weighted by molar-refractivity contribution is 0.174. The summed E-state index contributed by atoms with van der Waals surface area (Å²) in [5.74, 6) is 1.61. The van der Waals surface area contributed by atoms with Gasteiger partial charge in [-0.1, -0.05) is 0 Å². The predicted octanol–water partition coefficient (Wildman–Crippen LogP) is 1.68. The molecule has 4 heteroatoms. The van der Waals surface area contributed by atoms with Crippen LogP contribution in [0.15, 0.2) is 12.1 Å². The molecule has 0 aromatic heterocycles. The van der Waals surface area contributed by atoms with E-state index >= 15 is 0 Å². The first-order valence-electron chi connectivity index (χ1n) is 5.15. The monoisotopic (exact) mass is 218 g/mol. The van der Waals surface area contributed by atoms with E-state index in [0.29, 0.717) is 13.3 Å². The third kappa shape index (κ3) is 2.10. The Balaban J connectivity index is 2.19. The first-order chi connectivity index (χ1) is 7.70. The zero-order valence-corrected chi connectivity index (χ0v) is 9.49. The zero-order chi connectivity index (χ0) is 11.5. The molecule has 1 aromatic carbocycles. The number of hydrogen-bond acceptors (Lipinski definition) is 4. The Morgan fingerprint density at radius 3 is 2.75 bits per heavy atom. The normalized spacial score (nSPS) is 12.9. The summed E-state index contributed by atoms with van der Waals surface area (Å²) in [6.45, 7) is 3.51. The Kier molecular flexibility index (Phi) is 2.97. The van der Waals surface area contributed by atoms with Crippen LogP contribution in [-0.2, 0) is 6.54 Å². The summed E-state index contributed by atoms with van der Waals surface area (Å²) in [6.07, 6.45) is 0. The summed E-state index contributed by atoms with van der Waals surface area (Å²) in [4.78, 5) is 1.96. The minimum Gasteiger partial charge on any atom is -0.454 e. The number of fused-ring (bicyclic) bond motifs is 1. The minimum atomic E-state index is 0.298. The molecule has 2 rings (SSSR count). The van der Waals surface area contributed by atoms with Gasteiger partial charge in [0.25, 0.3) is 0 Å². The first kappa shape index (κ1) is 10.8. The third-order valence-corrected chi connectivity index (χ3v) is 2.61. The van der Waals surface area contributed by atoms with E-state index < -0.39 is 0 Å². The summed E-state index contributed by atoms with van der Waals surface area (Å²) >= 11 is 0. The van der Waals surface area contributed by atoms with Crippen LogP contribution in [0.25, 0.3) is 0 Å². The molecule has 0 aliphatic carbocycles. The van der Waals surface area contributed by atoms with Gasteiger partial charge < -0.3 is 9.47 Å². The summed E-state index contributed by atoms with van der Waals surface area (Å²) < 4.78 is 10.6. The van der Waals surface area contributed by atoms with Crippen LogP contribution in [-0.4, -0.2) is 25.3 Å². The molecular weight excluding hydrogens is 204 g/mol. The molecule has 84 valence electrons. The van der Waals surface area contributed by atoms with Gasteiger partial charge in [0.2, 0.25) is 6.79 Å². The maximum atomic E-state index is 8.60. The maximum Gasteiger partial charge on any atom is 0.231 e. The fourth-order valence-electron chi connectivity index (χ4n) is 1.72. The van der Waals surface area contributed by atoms with Gasteiger partial charge in [-0.2, -0.15) is 5.26 Å². The Bertz CT molecular complexity index is 437. The van der Waals surface area contributed by atoms with Crippen LogP contribution in [0.4, 0.5) is 0 Å². The number of rotatable bonds is 3. The second-order valence-corrected chi connectivity index (χ2v) is 3.96. The fraction of sp³-hybridized carbons (Fsp3) is 0.417. The van der Waals surface area contributed by atoms with Crippen molar-refractivity contribution >= 4 is 0 Å². The van der Waals surface area contributed by atoms with Crippen LogP contribution in [0.2, 0.25) is 0 Å². The number of benzene rings is 1. The fourth-order valence-corrected chi connectivity index (χ4v) is 1.72. The van der Waals surface area contributed by atoms with Gasteiger partial charge >= 0.3 is 0 Å². The van der Waals surface area contributed by atoms with Crippen molar-refractivity contribution in [3.05, 3.63) is 23.3 Å². The molecule has 0 bridgehead atoms. The number of aryl methyl sites for hydroxylation is 1. The molecule has 0 N–H and O–H groups in total. The van der Waals surface area contributed by atoms with Crippen LogP contribution in [0.1, 0.15) is 11.1 Å². The van der Waals surface area contributed by atoms with Gasteiger partial charge in [0.1, 0.15) is 0 Å². The van der Waals surface area contributed by atoms with Gasteiger partial charge in [0.05, 0.1) is 12.6 Å². The molecule has 0 saturated carbocycles. The quantitative estimate of drug-likeness (QED) is 0.724. The van der Waals surface area contributed by atoms with Gasteiger partial charge in [-0.3, -0.25) is 4.90 Å². The highest BCUT2D eigenvalue weighted by Gasteiger charge is 2.16. The first-order valence-corrected chi connectivity index (χ1v) is 5.15. The van der Waals surface area contributed by atoms with E-state index in [-0.39, 0.29) is 0 Å². The summed E-state index contributed by atoms with van der Waals surface area (Å²) in [5, 5.41) is 8.60. The number of ether oxygens (including phenoxy) is 2. The van der Waals surface area contributed by atoms with Crippen LogP contribution in [0.5, 0.6) is 11.5 Å². The van der Waals surface area contributed by atoms with Crippen molar-refractivity contribution < 1.29 is 9.47 Å². The van der Waals surface area contributed by atoms with Gasteiger partial charge in [-0.05, 0) is 37.2 Å². The largest absolute Gasteiger partial charge is 0.454 e. The molecule has 1 aromatic rings. The second-order valence-electron chi connectivity index (χ2n) is 3.96. The van der Waals surface area contributed by atoms with Crippen molar-refractivity contribution in [2.45, 2.75) is 13.5 Å². The molecule has 1 aliphatic heterocycles. The van der Waals surface area contributed by atoms with Gasteiger partial charge in [-0.15, -0.1) is 0 Å². The molecule has 4 nitrogen and oxygen atoms in total. The van der Waals surface area contributed by atoms with Crippen molar-refractivity contribution in [2.75, 3.05) is 20.4 Å². The van der Waals surface area contributed by atoms with Crippen molar-refractivity contribution in [1.29, 1.82) is 5.26 Å². The van der Waals surface area contributed by atoms with E-state index in [4.69, 9.17) is 14.7 Å². The molecule has 1 heterocycles. The minimum absolute atomic E-state index is 0.298. The lowest BCUT2D eigenvalue weighted by atomic mass is 10.1. The Morgan fingerprint density at radius 1 is 1.38 bits per heavy atom.